The molecular weight excluding hydrogens is 402 g/mol. The maximum Gasteiger partial charge on any atom is 0.307 e. The molecule has 0 spiro atoms. The van der Waals surface area contributed by atoms with Crippen molar-refractivity contribution in [2.24, 2.45) is 0 Å². The summed E-state index contributed by atoms with van der Waals surface area (Å²) in [6.45, 7) is 2.50. The van der Waals surface area contributed by atoms with Crippen LogP contribution in [0.25, 0.3) is 0 Å². The lowest BCUT2D eigenvalue weighted by Crippen LogP contribution is -2.30. The number of rotatable bonds is 7. The van der Waals surface area contributed by atoms with E-state index in [4.69, 9.17) is 25.8 Å². The molecule has 0 aromatic heterocycles. The smallest absolute Gasteiger partial charge is 0.307 e. The largest absolute Gasteiger partial charge is 0.486 e. The molecule has 0 bridgehead atoms. The van der Waals surface area contributed by atoms with E-state index in [1.807, 2.05) is 18.2 Å². The summed E-state index contributed by atoms with van der Waals surface area (Å²) in [6, 6.07) is 12.5. The third-order valence-corrected chi connectivity index (χ3v) is 5.40. The standard InChI is InChI=1S/C20H20ClNO5S/c1-13(27-19(23)8-11-28-18-5-3-2-4-15(18)21)20(24)22-14-6-7-16-17(12-14)26-10-9-25-16/h2-7,12-13H,8-11H2,1H3,(H,22,24). The quantitative estimate of drug-likeness (QED) is 0.534. The summed E-state index contributed by atoms with van der Waals surface area (Å²) in [7, 11) is 0. The highest BCUT2D eigenvalue weighted by Gasteiger charge is 2.19. The fourth-order valence-corrected chi connectivity index (χ4v) is 3.65. The highest BCUT2D eigenvalue weighted by atomic mass is 35.5. The molecule has 0 saturated carbocycles. The lowest BCUT2D eigenvalue weighted by Gasteiger charge is -2.19. The summed E-state index contributed by atoms with van der Waals surface area (Å²) in [4.78, 5) is 25.2. The molecule has 1 unspecified atom stereocenters. The third-order valence-electron chi connectivity index (χ3n) is 3.89. The summed E-state index contributed by atoms with van der Waals surface area (Å²) in [6.07, 6.45) is -0.733. The number of hydrogen-bond acceptors (Lipinski definition) is 6. The minimum atomic E-state index is -0.911. The Morgan fingerprint density at radius 3 is 2.71 bits per heavy atom. The van der Waals surface area contributed by atoms with Crippen molar-refractivity contribution in [1.82, 2.24) is 0 Å². The van der Waals surface area contributed by atoms with Gasteiger partial charge in [0.1, 0.15) is 13.2 Å². The lowest BCUT2D eigenvalue weighted by atomic mass is 10.2. The first kappa shape index (κ1) is 20.4. The molecule has 1 aliphatic heterocycles. The number of nitrogens with one attached hydrogen (secondary N) is 1. The van der Waals surface area contributed by atoms with E-state index in [0.717, 1.165) is 4.90 Å². The molecule has 0 radical (unpaired) electrons. The van der Waals surface area contributed by atoms with E-state index in [1.54, 1.807) is 24.3 Å². The fraction of sp³-hybridized carbons (Fsp3) is 0.300. The first-order valence-electron chi connectivity index (χ1n) is 8.80. The van der Waals surface area contributed by atoms with Crippen molar-refractivity contribution in [2.45, 2.75) is 24.3 Å². The van der Waals surface area contributed by atoms with Crippen LogP contribution in [-0.2, 0) is 14.3 Å². The Bertz CT molecular complexity index is 860. The van der Waals surface area contributed by atoms with Crippen molar-refractivity contribution in [3.8, 4) is 11.5 Å². The topological polar surface area (TPSA) is 73.9 Å². The van der Waals surface area contributed by atoms with E-state index in [9.17, 15) is 9.59 Å². The van der Waals surface area contributed by atoms with Gasteiger partial charge in [-0.1, -0.05) is 23.7 Å². The minimum absolute atomic E-state index is 0.178. The Balaban J connectivity index is 1.44. The van der Waals surface area contributed by atoms with Crippen LogP contribution in [0, 0.1) is 0 Å². The number of carbonyl (C=O) groups is 2. The fourth-order valence-electron chi connectivity index (χ4n) is 2.48. The zero-order valence-electron chi connectivity index (χ0n) is 15.3. The number of fused-ring (bicyclic) bond motifs is 1. The number of halogens is 1. The monoisotopic (exact) mass is 421 g/mol. The number of anilines is 1. The first-order chi connectivity index (χ1) is 13.5. The third kappa shape index (κ3) is 5.56. The number of esters is 1. The number of carbonyl (C=O) groups excluding carboxylic acids is 2. The van der Waals surface area contributed by atoms with Crippen molar-refractivity contribution < 1.29 is 23.8 Å². The molecule has 1 aliphatic rings. The average Bonchev–Trinajstić information content (AvgIpc) is 2.69. The molecule has 28 heavy (non-hydrogen) atoms. The Hall–Kier alpha value is -2.38. The van der Waals surface area contributed by atoms with Gasteiger partial charge in [0.15, 0.2) is 17.6 Å². The van der Waals surface area contributed by atoms with Crippen LogP contribution in [-0.4, -0.2) is 36.9 Å². The normalized spacial score (nSPS) is 13.5. The van der Waals surface area contributed by atoms with Crippen LogP contribution in [0.2, 0.25) is 5.02 Å². The molecule has 3 rings (SSSR count). The number of hydrogen-bond donors (Lipinski definition) is 1. The lowest BCUT2D eigenvalue weighted by molar-refractivity contribution is -0.152. The zero-order valence-corrected chi connectivity index (χ0v) is 16.8. The van der Waals surface area contributed by atoms with E-state index in [2.05, 4.69) is 5.32 Å². The summed E-state index contributed by atoms with van der Waals surface area (Å²) >= 11 is 7.55. The van der Waals surface area contributed by atoms with Gasteiger partial charge >= 0.3 is 5.97 Å². The van der Waals surface area contributed by atoms with Crippen molar-refractivity contribution in [2.75, 3.05) is 24.3 Å². The van der Waals surface area contributed by atoms with Gasteiger partial charge in [0, 0.05) is 22.4 Å². The van der Waals surface area contributed by atoms with E-state index in [1.165, 1.54) is 18.7 Å². The van der Waals surface area contributed by atoms with Crippen molar-refractivity contribution in [3.63, 3.8) is 0 Å². The van der Waals surface area contributed by atoms with Gasteiger partial charge in [-0.2, -0.15) is 0 Å². The van der Waals surface area contributed by atoms with Crippen LogP contribution in [0.5, 0.6) is 11.5 Å². The maximum atomic E-state index is 12.3. The van der Waals surface area contributed by atoms with Crippen molar-refractivity contribution in [3.05, 3.63) is 47.5 Å². The molecule has 0 saturated heterocycles. The molecular formula is C20H20ClNO5S. The highest BCUT2D eigenvalue weighted by Crippen LogP contribution is 2.32. The van der Waals surface area contributed by atoms with Gasteiger partial charge < -0.3 is 19.5 Å². The van der Waals surface area contributed by atoms with Crippen LogP contribution in [0.3, 0.4) is 0 Å². The Morgan fingerprint density at radius 2 is 1.93 bits per heavy atom. The van der Waals surface area contributed by atoms with E-state index < -0.39 is 18.0 Å². The predicted octanol–water partition coefficient (Wildman–Crippen LogP) is 4.16. The Labute approximate surface area is 172 Å². The molecule has 0 aliphatic carbocycles. The van der Waals surface area contributed by atoms with Crippen molar-refractivity contribution >= 4 is 40.9 Å². The molecule has 2 aromatic carbocycles. The summed E-state index contributed by atoms with van der Waals surface area (Å²) in [5.74, 6) is 0.872. The van der Waals surface area contributed by atoms with Crippen LogP contribution in [0.15, 0.2) is 47.4 Å². The van der Waals surface area contributed by atoms with E-state index in [0.29, 0.717) is 41.2 Å². The summed E-state index contributed by atoms with van der Waals surface area (Å²) in [5.41, 5.74) is 0.548. The molecule has 0 fully saturated rings. The molecule has 1 heterocycles. The number of ether oxygens (including phenoxy) is 3. The molecule has 2 aromatic rings. The zero-order chi connectivity index (χ0) is 19.9. The van der Waals surface area contributed by atoms with Crippen LogP contribution in [0.1, 0.15) is 13.3 Å². The van der Waals surface area contributed by atoms with Gasteiger partial charge in [-0.3, -0.25) is 9.59 Å². The Morgan fingerprint density at radius 1 is 1.18 bits per heavy atom. The van der Waals surface area contributed by atoms with Gasteiger partial charge in [0.25, 0.3) is 5.91 Å². The highest BCUT2D eigenvalue weighted by molar-refractivity contribution is 7.99. The average molecular weight is 422 g/mol. The van der Waals surface area contributed by atoms with E-state index in [-0.39, 0.29) is 6.42 Å². The molecule has 1 amide bonds. The summed E-state index contributed by atoms with van der Waals surface area (Å²) in [5, 5.41) is 3.36. The second-order valence-corrected chi connectivity index (χ2v) is 7.55. The molecule has 148 valence electrons. The van der Waals surface area contributed by atoms with Crippen molar-refractivity contribution in [1.29, 1.82) is 0 Å². The summed E-state index contributed by atoms with van der Waals surface area (Å²) < 4.78 is 16.1. The number of amides is 1. The second-order valence-electron chi connectivity index (χ2n) is 6.01. The SMILES string of the molecule is CC(OC(=O)CCSc1ccccc1Cl)C(=O)Nc1ccc2c(c1)OCCO2. The first-order valence-corrected chi connectivity index (χ1v) is 10.2. The van der Waals surface area contributed by atoms with Crippen LogP contribution >= 0.6 is 23.4 Å². The molecule has 8 heteroatoms. The van der Waals surface area contributed by atoms with Gasteiger partial charge in [0.2, 0.25) is 0 Å². The predicted molar refractivity (Wildman–Crippen MR) is 108 cm³/mol. The molecule has 1 N–H and O–H groups in total. The number of thioether (sulfide) groups is 1. The van der Waals surface area contributed by atoms with Gasteiger partial charge in [0.05, 0.1) is 11.4 Å². The van der Waals surface area contributed by atoms with Crippen LogP contribution < -0.4 is 14.8 Å². The molecule has 1 atom stereocenters. The second kappa shape index (κ2) is 9.71. The molecule has 6 nitrogen and oxygen atoms in total. The minimum Gasteiger partial charge on any atom is -0.486 e. The van der Waals surface area contributed by atoms with Gasteiger partial charge in [-0.05, 0) is 31.2 Å². The van der Waals surface area contributed by atoms with E-state index >= 15 is 0 Å². The maximum absolute atomic E-state index is 12.3. The van der Waals surface area contributed by atoms with Gasteiger partial charge in [-0.25, -0.2) is 0 Å². The van der Waals surface area contributed by atoms with Gasteiger partial charge in [-0.15, -0.1) is 11.8 Å². The van der Waals surface area contributed by atoms with Crippen LogP contribution in [0.4, 0.5) is 5.69 Å². The number of benzene rings is 2. The Kier molecular flexibility index (Phi) is 7.06.